The second-order valence-electron chi connectivity index (χ2n) is 12.5. The van der Waals surface area contributed by atoms with Gasteiger partial charge in [-0.05, 0) is 104 Å². The first-order valence-corrected chi connectivity index (χ1v) is 16.4. The van der Waals surface area contributed by atoms with Gasteiger partial charge in [-0.25, -0.2) is 0 Å². The maximum atomic E-state index is 10.0. The number of anilines is 2. The third-order valence-corrected chi connectivity index (χ3v) is 8.48. The molecule has 0 atom stereocenters. The van der Waals surface area contributed by atoms with E-state index in [9.17, 15) is 5.26 Å². The highest BCUT2D eigenvalue weighted by Crippen LogP contribution is 2.38. The van der Waals surface area contributed by atoms with Gasteiger partial charge in [0, 0.05) is 50.9 Å². The van der Waals surface area contributed by atoms with Crippen LogP contribution in [0.3, 0.4) is 0 Å². The average molecular weight is 646 g/mol. The van der Waals surface area contributed by atoms with Crippen LogP contribution in [0.4, 0.5) is 11.4 Å². The van der Waals surface area contributed by atoms with Gasteiger partial charge in [-0.15, -0.1) is 0 Å². The second-order valence-corrected chi connectivity index (χ2v) is 12.9. The van der Waals surface area contributed by atoms with Crippen molar-refractivity contribution in [3.63, 3.8) is 0 Å². The molecule has 242 valence electrons. The summed E-state index contributed by atoms with van der Waals surface area (Å²) in [7, 11) is 8.32. The maximum absolute atomic E-state index is 10.0. The van der Waals surface area contributed by atoms with Gasteiger partial charge in [0.25, 0.3) is 0 Å². The summed E-state index contributed by atoms with van der Waals surface area (Å²) in [5, 5.41) is 22.0. The third-order valence-electron chi connectivity index (χ3n) is 8.18. The fourth-order valence-corrected chi connectivity index (χ4v) is 5.89. The molecular weight excluding hydrogens is 602 g/mol. The number of fused-ring (bicyclic) bond motifs is 1. The van der Waals surface area contributed by atoms with Crippen molar-refractivity contribution < 1.29 is 0 Å². The van der Waals surface area contributed by atoms with Crippen molar-refractivity contribution in [3.8, 4) is 28.3 Å². The Balaban J connectivity index is 1.38. The summed E-state index contributed by atoms with van der Waals surface area (Å²) in [4.78, 5) is 9.00. The zero-order chi connectivity index (χ0) is 33.3. The molecule has 3 N–H and O–H groups in total. The van der Waals surface area contributed by atoms with Gasteiger partial charge in [-0.3, -0.25) is 4.98 Å². The molecule has 0 spiro atoms. The van der Waals surface area contributed by atoms with Crippen LogP contribution in [0, 0.1) is 18.3 Å². The number of benzene rings is 4. The van der Waals surface area contributed by atoms with Crippen molar-refractivity contribution in [2.75, 3.05) is 59.7 Å². The van der Waals surface area contributed by atoms with Gasteiger partial charge < -0.3 is 25.8 Å². The molecule has 4 aromatic carbocycles. The number of likely N-dealkylation sites (N-methyl/N-ethyl adjacent to an activating group) is 2. The van der Waals surface area contributed by atoms with Crippen molar-refractivity contribution >= 4 is 33.9 Å². The van der Waals surface area contributed by atoms with Crippen LogP contribution < -0.4 is 16.0 Å². The van der Waals surface area contributed by atoms with E-state index in [0.717, 1.165) is 83.7 Å². The summed E-state index contributed by atoms with van der Waals surface area (Å²) < 4.78 is 0. The molecule has 0 aliphatic carbocycles. The third kappa shape index (κ3) is 8.95. The highest BCUT2D eigenvalue weighted by Gasteiger charge is 2.15. The Morgan fingerprint density at radius 1 is 0.723 bits per heavy atom. The van der Waals surface area contributed by atoms with Crippen LogP contribution in [-0.4, -0.2) is 69.2 Å². The van der Waals surface area contributed by atoms with Crippen molar-refractivity contribution in [1.82, 2.24) is 25.4 Å². The Bertz CT molecular complexity index is 1850. The van der Waals surface area contributed by atoms with E-state index in [1.54, 1.807) is 6.20 Å². The fraction of sp³-hybridized carbons (Fsp3) is 0.282. The lowest BCUT2D eigenvalue weighted by atomic mass is 9.99. The van der Waals surface area contributed by atoms with Gasteiger partial charge in [-0.1, -0.05) is 60.1 Å². The first-order valence-electron chi connectivity index (χ1n) is 16.0. The monoisotopic (exact) mass is 645 g/mol. The molecule has 7 nitrogen and oxygen atoms in total. The minimum absolute atomic E-state index is 0.463. The summed E-state index contributed by atoms with van der Waals surface area (Å²) in [5.41, 5.74) is 10.6. The van der Waals surface area contributed by atoms with Crippen molar-refractivity contribution in [3.05, 3.63) is 112 Å². The highest BCUT2D eigenvalue weighted by atomic mass is 35.5. The lowest BCUT2D eigenvalue weighted by molar-refractivity contribution is 0.400. The molecule has 0 saturated carbocycles. The van der Waals surface area contributed by atoms with E-state index >= 15 is 0 Å². The van der Waals surface area contributed by atoms with Crippen LogP contribution in [0.1, 0.15) is 22.3 Å². The molecular formula is C39H44ClN7. The predicted molar refractivity (Wildman–Crippen MR) is 197 cm³/mol. The van der Waals surface area contributed by atoms with E-state index in [0.29, 0.717) is 16.3 Å². The van der Waals surface area contributed by atoms with Gasteiger partial charge in [0.1, 0.15) is 6.07 Å². The summed E-state index contributed by atoms with van der Waals surface area (Å²) in [6.45, 7) is 7.51. The number of rotatable bonds is 14. The van der Waals surface area contributed by atoms with Crippen LogP contribution in [0.2, 0.25) is 5.02 Å². The topological polar surface area (TPSA) is 79.2 Å². The lowest BCUT2D eigenvalue weighted by Gasteiger charge is -2.17. The number of aromatic nitrogens is 1. The molecule has 5 aromatic rings. The zero-order valence-electron chi connectivity index (χ0n) is 28.0. The molecule has 47 heavy (non-hydrogen) atoms. The van der Waals surface area contributed by atoms with E-state index in [2.05, 4.69) is 132 Å². The molecule has 0 aliphatic heterocycles. The lowest BCUT2D eigenvalue weighted by Crippen LogP contribution is -2.26. The largest absolute Gasteiger partial charge is 0.352 e. The standard InChI is InChI=1S/C39H44ClN7/c1-27-18-33(31-11-7-9-29(20-31)25-43-15-17-47(4)5)21-36(40)38(27)45-39-34(23-41)26-44-37-22-32(12-13-35(37)39)30-10-6-8-28(19-30)24-42-14-16-46(2)3/h6-13,18-22,26,42-43H,14-17,24-25H2,1-5H3,(H,44,45). The van der Waals surface area contributed by atoms with Gasteiger partial charge in [0.05, 0.1) is 27.5 Å². The quantitative estimate of drug-likeness (QED) is 0.108. The van der Waals surface area contributed by atoms with Crippen molar-refractivity contribution in [2.24, 2.45) is 0 Å². The highest BCUT2D eigenvalue weighted by molar-refractivity contribution is 6.34. The summed E-state index contributed by atoms with van der Waals surface area (Å²) in [6.07, 6.45) is 1.63. The van der Waals surface area contributed by atoms with Crippen LogP contribution >= 0.6 is 11.6 Å². The van der Waals surface area contributed by atoms with E-state index in [1.165, 1.54) is 11.1 Å². The van der Waals surface area contributed by atoms with Crippen LogP contribution in [0.25, 0.3) is 33.2 Å². The summed E-state index contributed by atoms with van der Waals surface area (Å²) in [5.74, 6) is 0. The Morgan fingerprint density at radius 2 is 1.32 bits per heavy atom. The smallest absolute Gasteiger partial charge is 0.103 e. The molecule has 0 bridgehead atoms. The molecule has 0 radical (unpaired) electrons. The number of nitriles is 1. The molecule has 0 saturated heterocycles. The Hall–Kier alpha value is -4.29. The molecule has 5 rings (SSSR count). The molecule has 0 amide bonds. The van der Waals surface area contributed by atoms with E-state index < -0.39 is 0 Å². The SMILES string of the molecule is Cc1cc(-c2cccc(CNCCN(C)C)c2)cc(Cl)c1Nc1c(C#N)cnc2cc(-c3cccc(CNCCN(C)C)c3)ccc12. The molecule has 8 heteroatoms. The van der Waals surface area contributed by atoms with Gasteiger partial charge in [0.15, 0.2) is 0 Å². The summed E-state index contributed by atoms with van der Waals surface area (Å²) in [6, 6.07) is 29.8. The minimum Gasteiger partial charge on any atom is -0.352 e. The number of nitrogens with zero attached hydrogens (tertiary/aromatic N) is 4. The zero-order valence-corrected chi connectivity index (χ0v) is 28.7. The van der Waals surface area contributed by atoms with E-state index in [4.69, 9.17) is 11.6 Å². The Labute approximate surface area is 284 Å². The number of pyridine rings is 1. The first kappa shape index (κ1) is 34.1. The summed E-state index contributed by atoms with van der Waals surface area (Å²) >= 11 is 6.95. The van der Waals surface area contributed by atoms with E-state index in [-0.39, 0.29) is 0 Å². The van der Waals surface area contributed by atoms with Crippen LogP contribution in [0.5, 0.6) is 0 Å². The van der Waals surface area contributed by atoms with Crippen molar-refractivity contribution in [2.45, 2.75) is 20.0 Å². The molecule has 0 unspecified atom stereocenters. The van der Waals surface area contributed by atoms with Gasteiger partial charge in [-0.2, -0.15) is 5.26 Å². The van der Waals surface area contributed by atoms with Gasteiger partial charge >= 0.3 is 0 Å². The first-order chi connectivity index (χ1) is 22.7. The van der Waals surface area contributed by atoms with Crippen molar-refractivity contribution in [1.29, 1.82) is 5.26 Å². The second kappa shape index (κ2) is 16.0. The van der Waals surface area contributed by atoms with Gasteiger partial charge in [0.2, 0.25) is 0 Å². The molecule has 0 aliphatic rings. The predicted octanol–water partition coefficient (Wildman–Crippen LogP) is 7.45. The minimum atomic E-state index is 0.463. The molecule has 1 aromatic heterocycles. The Morgan fingerprint density at radius 3 is 1.89 bits per heavy atom. The Kier molecular flexibility index (Phi) is 11.6. The number of hydrogen-bond donors (Lipinski definition) is 3. The number of nitrogens with one attached hydrogen (secondary N) is 3. The molecule has 0 fully saturated rings. The maximum Gasteiger partial charge on any atom is 0.103 e. The number of halogens is 1. The number of hydrogen-bond acceptors (Lipinski definition) is 7. The average Bonchev–Trinajstić information content (AvgIpc) is 3.06. The fourth-order valence-electron chi connectivity index (χ4n) is 5.58. The normalized spacial score (nSPS) is 11.4. The van der Waals surface area contributed by atoms with Crippen LogP contribution in [-0.2, 0) is 13.1 Å². The molecule has 1 heterocycles. The van der Waals surface area contributed by atoms with Crippen LogP contribution in [0.15, 0.2) is 85.1 Å². The van der Waals surface area contributed by atoms with E-state index in [1.807, 2.05) is 19.1 Å². The number of aryl methyl sites for hydroxylation is 1.